The lowest BCUT2D eigenvalue weighted by atomic mass is 10.1. The van der Waals surface area contributed by atoms with Gasteiger partial charge in [0, 0.05) is 12.6 Å². The van der Waals surface area contributed by atoms with Crippen LogP contribution in [0.3, 0.4) is 0 Å². The summed E-state index contributed by atoms with van der Waals surface area (Å²) in [6.45, 7) is 2.70. The molecule has 0 unspecified atom stereocenters. The fraction of sp³-hybridized carbons (Fsp3) is 0.462. The SMILES string of the molecule is CCCCCCNC(=O)c1ccc(F)cc1O. The molecule has 1 aromatic rings. The van der Waals surface area contributed by atoms with E-state index < -0.39 is 5.82 Å². The molecule has 0 saturated heterocycles. The fourth-order valence-electron chi connectivity index (χ4n) is 1.55. The number of unbranched alkanes of at least 4 members (excludes halogenated alkanes) is 3. The van der Waals surface area contributed by atoms with E-state index in [1.54, 1.807) is 0 Å². The minimum atomic E-state index is -0.554. The molecular formula is C13H18FNO2. The molecule has 0 fully saturated rings. The van der Waals surface area contributed by atoms with Crippen LogP contribution in [-0.4, -0.2) is 17.6 Å². The molecule has 0 aliphatic rings. The molecule has 1 aromatic carbocycles. The number of hydrogen-bond donors (Lipinski definition) is 2. The molecule has 0 spiro atoms. The number of rotatable bonds is 6. The minimum Gasteiger partial charge on any atom is -0.507 e. The van der Waals surface area contributed by atoms with Crippen molar-refractivity contribution in [3.63, 3.8) is 0 Å². The van der Waals surface area contributed by atoms with Crippen molar-refractivity contribution in [1.29, 1.82) is 0 Å². The fourth-order valence-corrected chi connectivity index (χ4v) is 1.55. The molecule has 0 saturated carbocycles. The van der Waals surface area contributed by atoms with Crippen LogP contribution in [0.5, 0.6) is 5.75 Å². The molecule has 0 heterocycles. The molecule has 4 heteroatoms. The van der Waals surface area contributed by atoms with Crippen molar-refractivity contribution in [2.75, 3.05) is 6.54 Å². The van der Waals surface area contributed by atoms with E-state index in [1.807, 2.05) is 0 Å². The number of halogens is 1. The van der Waals surface area contributed by atoms with E-state index in [1.165, 1.54) is 6.07 Å². The number of hydrogen-bond acceptors (Lipinski definition) is 2. The monoisotopic (exact) mass is 239 g/mol. The number of carbonyl (C=O) groups is 1. The number of nitrogens with one attached hydrogen (secondary N) is 1. The second-order valence-electron chi connectivity index (χ2n) is 3.98. The zero-order chi connectivity index (χ0) is 12.7. The Morgan fingerprint density at radius 1 is 1.35 bits per heavy atom. The maximum absolute atomic E-state index is 12.7. The molecule has 0 radical (unpaired) electrons. The van der Waals surface area contributed by atoms with Crippen LogP contribution in [0, 0.1) is 5.82 Å². The van der Waals surface area contributed by atoms with Gasteiger partial charge >= 0.3 is 0 Å². The Morgan fingerprint density at radius 3 is 2.76 bits per heavy atom. The van der Waals surface area contributed by atoms with Crippen molar-refractivity contribution in [3.05, 3.63) is 29.6 Å². The second-order valence-corrected chi connectivity index (χ2v) is 3.98. The molecule has 94 valence electrons. The Morgan fingerprint density at radius 2 is 2.12 bits per heavy atom. The van der Waals surface area contributed by atoms with Gasteiger partial charge in [0.1, 0.15) is 11.6 Å². The first-order valence-electron chi connectivity index (χ1n) is 5.92. The normalized spacial score (nSPS) is 10.2. The van der Waals surface area contributed by atoms with E-state index >= 15 is 0 Å². The lowest BCUT2D eigenvalue weighted by Crippen LogP contribution is -2.24. The van der Waals surface area contributed by atoms with Gasteiger partial charge in [-0.2, -0.15) is 0 Å². The maximum Gasteiger partial charge on any atom is 0.255 e. The van der Waals surface area contributed by atoms with Gasteiger partial charge in [-0.15, -0.1) is 0 Å². The average Bonchev–Trinajstić information content (AvgIpc) is 2.28. The molecule has 1 rings (SSSR count). The standard InChI is InChI=1S/C13H18FNO2/c1-2-3-4-5-8-15-13(17)11-7-6-10(14)9-12(11)16/h6-7,9,16H,2-5,8H2,1H3,(H,15,17). The smallest absolute Gasteiger partial charge is 0.255 e. The number of amides is 1. The maximum atomic E-state index is 12.7. The summed E-state index contributed by atoms with van der Waals surface area (Å²) >= 11 is 0. The number of phenolic OH excluding ortho intramolecular Hbond substituents is 1. The minimum absolute atomic E-state index is 0.113. The van der Waals surface area contributed by atoms with E-state index in [9.17, 15) is 14.3 Å². The van der Waals surface area contributed by atoms with Gasteiger partial charge in [0.25, 0.3) is 5.91 Å². The van der Waals surface area contributed by atoms with Crippen LogP contribution >= 0.6 is 0 Å². The summed E-state index contributed by atoms with van der Waals surface area (Å²) in [6.07, 6.45) is 4.29. The Kier molecular flexibility index (Phi) is 5.46. The Labute approximate surface area is 101 Å². The first kappa shape index (κ1) is 13.5. The first-order valence-corrected chi connectivity index (χ1v) is 5.92. The van der Waals surface area contributed by atoms with Crippen molar-refractivity contribution in [2.24, 2.45) is 0 Å². The molecule has 0 bridgehead atoms. The van der Waals surface area contributed by atoms with Gasteiger partial charge in [0.2, 0.25) is 0 Å². The summed E-state index contributed by atoms with van der Waals surface area (Å²) in [4.78, 5) is 11.6. The molecule has 1 amide bonds. The van der Waals surface area contributed by atoms with E-state index in [2.05, 4.69) is 12.2 Å². The van der Waals surface area contributed by atoms with Crippen LogP contribution in [-0.2, 0) is 0 Å². The largest absolute Gasteiger partial charge is 0.507 e. The first-order chi connectivity index (χ1) is 8.15. The van der Waals surface area contributed by atoms with Crippen LogP contribution in [0.1, 0.15) is 43.0 Å². The topological polar surface area (TPSA) is 49.3 Å². The van der Waals surface area contributed by atoms with Crippen molar-refractivity contribution < 1.29 is 14.3 Å². The Bertz CT molecular complexity index is 380. The molecule has 3 nitrogen and oxygen atoms in total. The van der Waals surface area contributed by atoms with Gasteiger partial charge in [-0.3, -0.25) is 4.79 Å². The van der Waals surface area contributed by atoms with E-state index in [0.29, 0.717) is 6.54 Å². The van der Waals surface area contributed by atoms with Crippen LogP contribution in [0.25, 0.3) is 0 Å². The number of carbonyl (C=O) groups excluding carboxylic acids is 1. The van der Waals surface area contributed by atoms with Crippen molar-refractivity contribution in [2.45, 2.75) is 32.6 Å². The summed E-state index contributed by atoms with van der Waals surface area (Å²) in [6, 6.07) is 3.38. The van der Waals surface area contributed by atoms with Gasteiger partial charge in [-0.1, -0.05) is 26.2 Å². The van der Waals surface area contributed by atoms with Gasteiger partial charge in [-0.05, 0) is 18.6 Å². The van der Waals surface area contributed by atoms with Crippen LogP contribution < -0.4 is 5.32 Å². The molecule has 0 aliphatic carbocycles. The molecule has 0 aromatic heterocycles. The van der Waals surface area contributed by atoms with Crippen LogP contribution in [0.15, 0.2) is 18.2 Å². The zero-order valence-corrected chi connectivity index (χ0v) is 10.0. The highest BCUT2D eigenvalue weighted by Gasteiger charge is 2.10. The molecule has 0 aliphatic heterocycles. The highest BCUT2D eigenvalue weighted by molar-refractivity contribution is 5.96. The van der Waals surface area contributed by atoms with Crippen LogP contribution in [0.4, 0.5) is 4.39 Å². The molecule has 17 heavy (non-hydrogen) atoms. The van der Waals surface area contributed by atoms with Gasteiger partial charge in [0.05, 0.1) is 5.56 Å². The van der Waals surface area contributed by atoms with Gasteiger partial charge in [-0.25, -0.2) is 4.39 Å². The van der Waals surface area contributed by atoms with Crippen molar-refractivity contribution in [3.8, 4) is 5.75 Å². The predicted molar refractivity (Wildman–Crippen MR) is 64.5 cm³/mol. The molecule has 2 N–H and O–H groups in total. The summed E-state index contributed by atoms with van der Waals surface area (Å²) in [7, 11) is 0. The predicted octanol–water partition coefficient (Wildman–Crippen LogP) is 2.84. The lowest BCUT2D eigenvalue weighted by Gasteiger charge is -2.06. The quantitative estimate of drug-likeness (QED) is 0.750. The van der Waals surface area contributed by atoms with Gasteiger partial charge < -0.3 is 10.4 Å². The second kappa shape index (κ2) is 6.89. The van der Waals surface area contributed by atoms with Crippen molar-refractivity contribution >= 4 is 5.91 Å². The highest BCUT2D eigenvalue weighted by Crippen LogP contribution is 2.17. The summed E-state index contributed by atoms with van der Waals surface area (Å²) in [5.74, 6) is -1.24. The summed E-state index contributed by atoms with van der Waals surface area (Å²) < 4.78 is 12.7. The van der Waals surface area contributed by atoms with E-state index in [-0.39, 0.29) is 17.2 Å². The molecular weight excluding hydrogens is 221 g/mol. The zero-order valence-electron chi connectivity index (χ0n) is 10.0. The lowest BCUT2D eigenvalue weighted by molar-refractivity contribution is 0.0950. The van der Waals surface area contributed by atoms with Crippen LogP contribution in [0.2, 0.25) is 0 Å². The van der Waals surface area contributed by atoms with E-state index in [0.717, 1.165) is 37.8 Å². The number of benzene rings is 1. The third-order valence-electron chi connectivity index (χ3n) is 2.52. The Hall–Kier alpha value is -1.58. The number of phenols is 1. The highest BCUT2D eigenvalue weighted by atomic mass is 19.1. The summed E-state index contributed by atoms with van der Waals surface area (Å²) in [5.41, 5.74) is 0.113. The van der Waals surface area contributed by atoms with Crippen molar-refractivity contribution in [1.82, 2.24) is 5.32 Å². The Balaban J connectivity index is 2.42. The third kappa shape index (κ3) is 4.43. The third-order valence-corrected chi connectivity index (χ3v) is 2.52. The van der Waals surface area contributed by atoms with Gasteiger partial charge in [0.15, 0.2) is 0 Å². The average molecular weight is 239 g/mol. The molecule has 0 atom stereocenters. The van der Waals surface area contributed by atoms with E-state index in [4.69, 9.17) is 0 Å². The summed E-state index contributed by atoms with van der Waals surface area (Å²) in [5, 5.41) is 12.1. The number of aromatic hydroxyl groups is 1.